The number of amides is 1. The highest BCUT2D eigenvalue weighted by Crippen LogP contribution is 2.34. The highest BCUT2D eigenvalue weighted by molar-refractivity contribution is 7.14. The van der Waals surface area contributed by atoms with E-state index in [1.165, 1.54) is 16.9 Å². The van der Waals surface area contributed by atoms with Gasteiger partial charge in [0, 0.05) is 31.8 Å². The molecule has 1 N–H and O–H groups in total. The first-order chi connectivity index (χ1) is 15.3. The van der Waals surface area contributed by atoms with Gasteiger partial charge in [0.15, 0.2) is 16.5 Å². The number of hydrogen-bond donors (Lipinski definition) is 1. The predicted octanol–water partition coefficient (Wildman–Crippen LogP) is 2.47. The first kappa shape index (κ1) is 20.6. The number of hydrogen-bond acceptors (Lipinski definition) is 7. The van der Waals surface area contributed by atoms with Crippen molar-refractivity contribution in [3.05, 3.63) is 62.5 Å². The van der Waals surface area contributed by atoms with Crippen LogP contribution in [0.1, 0.15) is 40.8 Å². The number of carbonyl (C=O) groups excluding carboxylic acids is 1. The van der Waals surface area contributed by atoms with Crippen LogP contribution in [0.5, 0.6) is 5.75 Å². The van der Waals surface area contributed by atoms with Gasteiger partial charge in [0.2, 0.25) is 5.43 Å². The molecule has 2 aliphatic rings. The number of halogens is 2. The zero-order valence-electron chi connectivity index (χ0n) is 17.2. The topological polar surface area (TPSA) is 91.6 Å². The molecule has 1 amide bonds. The molecule has 2 aromatic heterocycles. The standard InChI is InChI=1S/C21H19F2N5O3S/c1-10-3-6-16-26(2)27-9-13(18(29)19(30)17(27)21(31)28(10)16)20-25-24-15(32-20)7-11-4-5-12(22)8-14(11)23/h4-5,8-10,16,30H,3,6-7H2,1-2H3. The fourth-order valence-electron chi connectivity index (χ4n) is 4.38. The fourth-order valence-corrected chi connectivity index (χ4v) is 5.25. The van der Waals surface area contributed by atoms with Gasteiger partial charge < -0.3 is 10.0 Å². The molecule has 2 unspecified atom stereocenters. The molecule has 166 valence electrons. The Morgan fingerprint density at radius 3 is 2.75 bits per heavy atom. The number of nitrogens with zero attached hydrogens (tertiary/aromatic N) is 5. The molecule has 0 saturated carbocycles. The molecule has 0 spiro atoms. The van der Waals surface area contributed by atoms with Crippen LogP contribution >= 0.6 is 11.3 Å². The van der Waals surface area contributed by atoms with E-state index in [4.69, 9.17) is 0 Å². The molecular formula is C21H19F2N5O3S. The Kier molecular flexibility index (Phi) is 4.73. The van der Waals surface area contributed by atoms with Crippen molar-refractivity contribution < 1.29 is 18.7 Å². The summed E-state index contributed by atoms with van der Waals surface area (Å²) in [6, 6.07) is 3.30. The van der Waals surface area contributed by atoms with Gasteiger partial charge in [-0.3, -0.25) is 19.3 Å². The van der Waals surface area contributed by atoms with Crippen molar-refractivity contribution in [3.8, 4) is 16.3 Å². The van der Waals surface area contributed by atoms with Crippen LogP contribution in [0.2, 0.25) is 0 Å². The van der Waals surface area contributed by atoms with E-state index in [0.29, 0.717) is 5.01 Å². The Morgan fingerprint density at radius 1 is 1.22 bits per heavy atom. The number of benzene rings is 1. The Morgan fingerprint density at radius 2 is 2.00 bits per heavy atom. The van der Waals surface area contributed by atoms with Crippen molar-refractivity contribution in [1.29, 1.82) is 0 Å². The van der Waals surface area contributed by atoms with Crippen molar-refractivity contribution in [2.24, 2.45) is 0 Å². The number of fused-ring (bicyclic) bond motifs is 2. The van der Waals surface area contributed by atoms with Crippen molar-refractivity contribution in [3.63, 3.8) is 0 Å². The molecule has 0 aliphatic carbocycles. The first-order valence-electron chi connectivity index (χ1n) is 10.1. The Labute approximate surface area is 185 Å². The second kappa shape index (κ2) is 7.37. The van der Waals surface area contributed by atoms with E-state index in [0.717, 1.165) is 36.3 Å². The molecule has 1 saturated heterocycles. The maximum atomic E-state index is 14.0. The van der Waals surface area contributed by atoms with Crippen LogP contribution in [0.4, 0.5) is 8.78 Å². The van der Waals surface area contributed by atoms with Crippen LogP contribution in [-0.4, -0.2) is 50.0 Å². The monoisotopic (exact) mass is 459 g/mol. The van der Waals surface area contributed by atoms with Gasteiger partial charge in [-0.05, 0) is 31.4 Å². The van der Waals surface area contributed by atoms with E-state index < -0.39 is 22.8 Å². The SMILES string of the molecule is CC1CCC2N1C(=O)c1c(O)c(=O)c(-c3nnc(Cc4ccc(F)cc4F)s3)cn1N2C. The lowest BCUT2D eigenvalue weighted by molar-refractivity contribution is 0.0591. The van der Waals surface area contributed by atoms with Crippen molar-refractivity contribution >= 4 is 17.2 Å². The summed E-state index contributed by atoms with van der Waals surface area (Å²) in [5.74, 6) is -2.39. The van der Waals surface area contributed by atoms with Crippen LogP contribution in [0.3, 0.4) is 0 Å². The second-order valence-electron chi connectivity index (χ2n) is 8.02. The number of pyridine rings is 1. The number of carbonyl (C=O) groups is 1. The van der Waals surface area contributed by atoms with Crippen LogP contribution in [0.15, 0.2) is 29.2 Å². The summed E-state index contributed by atoms with van der Waals surface area (Å²) < 4.78 is 28.6. The molecule has 5 rings (SSSR count). The third kappa shape index (κ3) is 3.07. The lowest BCUT2D eigenvalue weighted by atomic mass is 10.1. The average molecular weight is 459 g/mol. The summed E-state index contributed by atoms with van der Waals surface area (Å²) in [6.07, 6.45) is 2.99. The molecule has 3 aromatic rings. The number of rotatable bonds is 3. The summed E-state index contributed by atoms with van der Waals surface area (Å²) in [5, 5.41) is 21.2. The smallest absolute Gasteiger partial charge is 0.278 e. The first-order valence-corrected chi connectivity index (χ1v) is 10.9. The van der Waals surface area contributed by atoms with Gasteiger partial charge in [0.05, 0.1) is 5.56 Å². The summed E-state index contributed by atoms with van der Waals surface area (Å²) in [6.45, 7) is 1.94. The molecule has 2 atom stereocenters. The third-order valence-corrected chi connectivity index (χ3v) is 7.02. The van der Waals surface area contributed by atoms with E-state index >= 15 is 0 Å². The van der Waals surface area contributed by atoms with Gasteiger partial charge in [-0.15, -0.1) is 10.2 Å². The minimum absolute atomic E-state index is 0.00968. The predicted molar refractivity (Wildman–Crippen MR) is 113 cm³/mol. The zero-order valence-corrected chi connectivity index (χ0v) is 18.1. The summed E-state index contributed by atoms with van der Waals surface area (Å²) in [5.41, 5.74) is -0.461. The lowest BCUT2D eigenvalue weighted by Gasteiger charge is -2.42. The van der Waals surface area contributed by atoms with Gasteiger partial charge in [0.1, 0.15) is 22.8 Å². The van der Waals surface area contributed by atoms with E-state index in [1.54, 1.807) is 11.9 Å². The zero-order chi connectivity index (χ0) is 22.7. The molecule has 0 bridgehead atoms. The van der Waals surface area contributed by atoms with Crippen molar-refractivity contribution in [1.82, 2.24) is 19.8 Å². The maximum Gasteiger partial charge on any atom is 0.278 e. The average Bonchev–Trinajstić information content (AvgIpc) is 3.37. The second-order valence-corrected chi connectivity index (χ2v) is 9.08. The molecule has 1 fully saturated rings. The van der Waals surface area contributed by atoms with Gasteiger partial charge in [-0.2, -0.15) is 0 Å². The summed E-state index contributed by atoms with van der Waals surface area (Å²) in [4.78, 5) is 27.6. The largest absolute Gasteiger partial charge is 0.502 e. The molecule has 1 aromatic carbocycles. The van der Waals surface area contributed by atoms with Crippen LogP contribution in [0.25, 0.3) is 10.6 Å². The van der Waals surface area contributed by atoms with Crippen molar-refractivity contribution in [2.75, 3.05) is 12.1 Å². The lowest BCUT2D eigenvalue weighted by Crippen LogP contribution is -2.58. The summed E-state index contributed by atoms with van der Waals surface area (Å²) in [7, 11) is 1.79. The van der Waals surface area contributed by atoms with Gasteiger partial charge in [0.25, 0.3) is 5.91 Å². The Hall–Kier alpha value is -3.34. The summed E-state index contributed by atoms with van der Waals surface area (Å²) >= 11 is 1.07. The minimum atomic E-state index is -0.723. The third-order valence-electron chi connectivity index (χ3n) is 6.07. The number of aromatic nitrogens is 3. The normalized spacial score (nSPS) is 19.9. The van der Waals surface area contributed by atoms with E-state index in [-0.39, 0.29) is 46.4 Å². The molecule has 8 nitrogen and oxygen atoms in total. The van der Waals surface area contributed by atoms with Gasteiger partial charge >= 0.3 is 0 Å². The Bertz CT molecular complexity index is 1310. The maximum absolute atomic E-state index is 14.0. The quantitative estimate of drug-likeness (QED) is 0.647. The number of aromatic hydroxyl groups is 1. The van der Waals surface area contributed by atoms with Gasteiger partial charge in [-0.25, -0.2) is 8.78 Å². The fraction of sp³-hybridized carbons (Fsp3) is 0.333. The van der Waals surface area contributed by atoms with E-state index in [1.807, 2.05) is 11.9 Å². The van der Waals surface area contributed by atoms with Crippen LogP contribution in [-0.2, 0) is 6.42 Å². The van der Waals surface area contributed by atoms with Gasteiger partial charge in [-0.1, -0.05) is 17.4 Å². The highest BCUT2D eigenvalue weighted by Gasteiger charge is 2.44. The molecule has 0 radical (unpaired) electrons. The molecule has 2 aliphatic heterocycles. The molecule has 11 heteroatoms. The van der Waals surface area contributed by atoms with Crippen molar-refractivity contribution in [2.45, 2.75) is 38.4 Å². The molecular weight excluding hydrogens is 440 g/mol. The highest BCUT2D eigenvalue weighted by atomic mass is 32.1. The van der Waals surface area contributed by atoms with E-state index in [9.17, 15) is 23.5 Å². The minimum Gasteiger partial charge on any atom is -0.502 e. The van der Waals surface area contributed by atoms with E-state index in [2.05, 4.69) is 10.2 Å². The molecule has 32 heavy (non-hydrogen) atoms. The molecule has 4 heterocycles. The van der Waals surface area contributed by atoms with Crippen LogP contribution < -0.4 is 10.4 Å². The van der Waals surface area contributed by atoms with Crippen LogP contribution in [0, 0.1) is 11.6 Å². The Balaban J connectivity index is 1.54.